The zero-order chi connectivity index (χ0) is 27.8. The van der Waals surface area contributed by atoms with E-state index in [0.717, 1.165) is 18.1 Å². The summed E-state index contributed by atoms with van der Waals surface area (Å²) in [4.78, 5) is 11.9. The van der Waals surface area contributed by atoms with Crippen molar-refractivity contribution in [3.63, 3.8) is 0 Å². The van der Waals surface area contributed by atoms with Crippen LogP contribution in [0, 0.1) is 5.92 Å². The van der Waals surface area contributed by atoms with Crippen LogP contribution in [0.1, 0.15) is 194 Å². The molecule has 0 aliphatic rings. The SMILES string of the molecule is CCCCCCCCCCCCCCSCCC(=O)OCCCCCCCCCCCCCCCC(C)C. The van der Waals surface area contributed by atoms with Gasteiger partial charge in [-0.25, -0.2) is 0 Å². The minimum absolute atomic E-state index is 0.00659. The Balaban J connectivity index is 3.15. The Hall–Kier alpha value is -0.180. The van der Waals surface area contributed by atoms with Gasteiger partial charge in [0.05, 0.1) is 13.0 Å². The molecule has 0 aliphatic carbocycles. The van der Waals surface area contributed by atoms with Crippen molar-refractivity contribution in [2.75, 3.05) is 18.1 Å². The minimum Gasteiger partial charge on any atom is -0.466 e. The Kier molecular flexibility index (Phi) is 32.9. The molecule has 0 radical (unpaired) electrons. The van der Waals surface area contributed by atoms with E-state index in [1.807, 2.05) is 11.8 Å². The summed E-state index contributed by atoms with van der Waals surface area (Å²) in [5.41, 5.74) is 0. The maximum Gasteiger partial charge on any atom is 0.306 e. The standard InChI is InChI=1S/C35H70O2S/c1-4-5-6-7-8-9-10-16-19-22-25-28-32-38-33-30-35(36)37-31-27-24-21-18-15-13-11-12-14-17-20-23-26-29-34(2)3/h34H,4-33H2,1-3H3. The molecule has 0 aromatic rings. The van der Waals surface area contributed by atoms with Gasteiger partial charge in [0.15, 0.2) is 0 Å². The van der Waals surface area contributed by atoms with Gasteiger partial charge in [-0.3, -0.25) is 4.79 Å². The second-order valence-electron chi connectivity index (χ2n) is 12.3. The van der Waals surface area contributed by atoms with Crippen molar-refractivity contribution in [2.45, 2.75) is 194 Å². The summed E-state index contributed by atoms with van der Waals surface area (Å²) < 4.78 is 5.43. The lowest BCUT2D eigenvalue weighted by atomic mass is 10.0. The molecule has 0 atom stereocenters. The van der Waals surface area contributed by atoms with Crippen molar-refractivity contribution < 1.29 is 9.53 Å². The molecule has 0 rings (SSSR count). The third kappa shape index (κ3) is 33.8. The van der Waals surface area contributed by atoms with Crippen molar-refractivity contribution in [2.24, 2.45) is 5.92 Å². The second-order valence-corrected chi connectivity index (χ2v) is 13.5. The van der Waals surface area contributed by atoms with Gasteiger partial charge >= 0.3 is 5.97 Å². The molecule has 0 aliphatic heterocycles. The number of unbranched alkanes of at least 4 members (excludes halogenated alkanes) is 23. The number of rotatable bonds is 32. The van der Waals surface area contributed by atoms with Crippen molar-refractivity contribution in [3.8, 4) is 0 Å². The van der Waals surface area contributed by atoms with Crippen LogP contribution in [0.4, 0.5) is 0 Å². The predicted octanol–water partition coefficient (Wildman–Crippen LogP) is 12.5. The molecule has 0 saturated heterocycles. The van der Waals surface area contributed by atoms with Crippen LogP contribution in [0.3, 0.4) is 0 Å². The van der Waals surface area contributed by atoms with Gasteiger partial charge in [-0.2, -0.15) is 11.8 Å². The predicted molar refractivity (Wildman–Crippen MR) is 173 cm³/mol. The first-order valence-corrected chi connectivity index (χ1v) is 18.6. The third-order valence-corrected chi connectivity index (χ3v) is 8.85. The lowest BCUT2D eigenvalue weighted by Gasteiger charge is -2.06. The van der Waals surface area contributed by atoms with Gasteiger partial charge in [0.2, 0.25) is 0 Å². The molecule has 38 heavy (non-hydrogen) atoms. The Morgan fingerprint density at radius 3 is 1.37 bits per heavy atom. The topological polar surface area (TPSA) is 26.3 Å². The Labute approximate surface area is 245 Å². The molecule has 0 amide bonds. The van der Waals surface area contributed by atoms with E-state index >= 15 is 0 Å². The maximum absolute atomic E-state index is 11.9. The second kappa shape index (κ2) is 33.0. The zero-order valence-corrected chi connectivity index (χ0v) is 27.3. The van der Waals surface area contributed by atoms with Crippen molar-refractivity contribution in [1.29, 1.82) is 0 Å². The van der Waals surface area contributed by atoms with Gasteiger partial charge in [-0.1, -0.05) is 175 Å². The Morgan fingerprint density at radius 1 is 0.526 bits per heavy atom. The number of ether oxygens (including phenoxy) is 1. The molecule has 0 heterocycles. The molecule has 0 unspecified atom stereocenters. The molecule has 2 nitrogen and oxygen atoms in total. The molecule has 0 fully saturated rings. The summed E-state index contributed by atoms with van der Waals surface area (Å²) in [6, 6.07) is 0. The van der Waals surface area contributed by atoms with Crippen LogP contribution >= 0.6 is 11.8 Å². The van der Waals surface area contributed by atoms with E-state index in [4.69, 9.17) is 4.74 Å². The highest BCUT2D eigenvalue weighted by Gasteiger charge is 2.03. The van der Waals surface area contributed by atoms with Crippen molar-refractivity contribution in [1.82, 2.24) is 0 Å². The summed E-state index contributed by atoms with van der Waals surface area (Å²) in [6.07, 6.45) is 36.5. The highest BCUT2D eigenvalue weighted by atomic mass is 32.2. The largest absolute Gasteiger partial charge is 0.466 e. The van der Waals surface area contributed by atoms with E-state index in [9.17, 15) is 4.79 Å². The van der Waals surface area contributed by atoms with Gasteiger partial charge in [-0.15, -0.1) is 0 Å². The first-order chi connectivity index (χ1) is 18.7. The fraction of sp³-hybridized carbons (Fsp3) is 0.971. The normalized spacial score (nSPS) is 11.5. The Morgan fingerprint density at radius 2 is 0.921 bits per heavy atom. The first kappa shape index (κ1) is 37.8. The zero-order valence-electron chi connectivity index (χ0n) is 26.5. The van der Waals surface area contributed by atoms with E-state index in [2.05, 4.69) is 20.8 Å². The van der Waals surface area contributed by atoms with E-state index in [1.54, 1.807) is 0 Å². The van der Waals surface area contributed by atoms with Gasteiger partial charge < -0.3 is 4.74 Å². The molecule has 0 spiro atoms. The van der Waals surface area contributed by atoms with Gasteiger partial charge in [-0.05, 0) is 24.5 Å². The number of carbonyl (C=O) groups excluding carboxylic acids is 1. The molecular formula is C35H70O2S. The number of esters is 1. The van der Waals surface area contributed by atoms with E-state index in [-0.39, 0.29) is 5.97 Å². The summed E-state index contributed by atoms with van der Waals surface area (Å²) in [5, 5.41) is 0. The maximum atomic E-state index is 11.9. The van der Waals surface area contributed by atoms with Gasteiger partial charge in [0, 0.05) is 5.75 Å². The van der Waals surface area contributed by atoms with Crippen LogP contribution in [0.5, 0.6) is 0 Å². The summed E-state index contributed by atoms with van der Waals surface area (Å²) >= 11 is 1.93. The monoisotopic (exact) mass is 555 g/mol. The molecule has 0 bridgehead atoms. The minimum atomic E-state index is 0.00659. The van der Waals surface area contributed by atoms with Crippen LogP contribution in [-0.4, -0.2) is 24.1 Å². The van der Waals surface area contributed by atoms with E-state index in [1.165, 1.54) is 166 Å². The van der Waals surface area contributed by atoms with Crippen LogP contribution in [0.25, 0.3) is 0 Å². The number of thioether (sulfide) groups is 1. The average molecular weight is 555 g/mol. The van der Waals surface area contributed by atoms with Crippen LogP contribution < -0.4 is 0 Å². The molecule has 0 aromatic heterocycles. The van der Waals surface area contributed by atoms with E-state index in [0.29, 0.717) is 13.0 Å². The third-order valence-electron chi connectivity index (χ3n) is 7.78. The summed E-state index contributed by atoms with van der Waals surface area (Å²) in [5.74, 6) is 3.00. The average Bonchev–Trinajstić information content (AvgIpc) is 2.90. The summed E-state index contributed by atoms with van der Waals surface area (Å²) in [7, 11) is 0. The lowest BCUT2D eigenvalue weighted by molar-refractivity contribution is -0.143. The van der Waals surface area contributed by atoms with Crippen LogP contribution in [-0.2, 0) is 9.53 Å². The molecular weight excluding hydrogens is 484 g/mol. The van der Waals surface area contributed by atoms with Crippen LogP contribution in [0.15, 0.2) is 0 Å². The smallest absolute Gasteiger partial charge is 0.306 e. The highest BCUT2D eigenvalue weighted by molar-refractivity contribution is 7.99. The fourth-order valence-corrected chi connectivity index (χ4v) is 6.08. The van der Waals surface area contributed by atoms with E-state index < -0.39 is 0 Å². The van der Waals surface area contributed by atoms with Crippen molar-refractivity contribution in [3.05, 3.63) is 0 Å². The highest BCUT2D eigenvalue weighted by Crippen LogP contribution is 2.15. The van der Waals surface area contributed by atoms with Gasteiger partial charge in [0.1, 0.15) is 0 Å². The van der Waals surface area contributed by atoms with Gasteiger partial charge in [0.25, 0.3) is 0 Å². The first-order valence-electron chi connectivity index (χ1n) is 17.4. The molecule has 228 valence electrons. The number of hydrogen-bond acceptors (Lipinski definition) is 3. The number of hydrogen-bond donors (Lipinski definition) is 0. The van der Waals surface area contributed by atoms with Crippen LogP contribution in [0.2, 0.25) is 0 Å². The number of carbonyl (C=O) groups is 1. The fourth-order valence-electron chi connectivity index (χ4n) is 5.16. The molecule has 0 N–H and O–H groups in total. The molecule has 3 heteroatoms. The molecule has 0 aromatic carbocycles. The Bertz CT molecular complexity index is 451. The summed E-state index contributed by atoms with van der Waals surface area (Å²) in [6.45, 7) is 7.57. The molecule has 0 saturated carbocycles. The lowest BCUT2D eigenvalue weighted by Crippen LogP contribution is -2.07. The quantitative estimate of drug-likeness (QED) is 0.0611. The van der Waals surface area contributed by atoms with Crippen molar-refractivity contribution >= 4 is 17.7 Å².